The summed E-state index contributed by atoms with van der Waals surface area (Å²) < 4.78 is 22.7. The van der Waals surface area contributed by atoms with Crippen LogP contribution in [0, 0.1) is 13.8 Å². The molecule has 1 aliphatic heterocycles. The van der Waals surface area contributed by atoms with Crippen molar-refractivity contribution in [3.8, 4) is 0 Å². The second-order valence-electron chi connectivity index (χ2n) is 5.22. The van der Waals surface area contributed by atoms with E-state index in [1.165, 1.54) is 0 Å². The molecule has 5 nitrogen and oxygen atoms in total. The molecule has 1 aliphatic rings. The number of rotatable bonds is 3. The van der Waals surface area contributed by atoms with Crippen molar-refractivity contribution >= 4 is 21.4 Å². The Labute approximate surface area is 119 Å². The Morgan fingerprint density at radius 1 is 1.25 bits per heavy atom. The van der Waals surface area contributed by atoms with Crippen molar-refractivity contribution in [3.05, 3.63) is 29.3 Å². The van der Waals surface area contributed by atoms with Crippen LogP contribution in [0.2, 0.25) is 0 Å². The number of anilines is 1. The van der Waals surface area contributed by atoms with Crippen molar-refractivity contribution in [1.82, 2.24) is 4.90 Å². The van der Waals surface area contributed by atoms with E-state index < -0.39 is 9.84 Å². The van der Waals surface area contributed by atoms with Crippen LogP contribution in [0.25, 0.3) is 0 Å². The molecule has 2 rings (SSSR count). The Morgan fingerprint density at radius 2 is 1.90 bits per heavy atom. The van der Waals surface area contributed by atoms with E-state index in [0.29, 0.717) is 13.1 Å². The zero-order valence-corrected chi connectivity index (χ0v) is 12.7. The number of sulfone groups is 1. The third kappa shape index (κ3) is 3.80. The highest BCUT2D eigenvalue weighted by atomic mass is 32.2. The van der Waals surface area contributed by atoms with Gasteiger partial charge in [-0.25, -0.2) is 8.42 Å². The van der Waals surface area contributed by atoms with Crippen LogP contribution in [-0.2, 0) is 14.6 Å². The summed E-state index contributed by atoms with van der Waals surface area (Å²) in [4.78, 5) is 13.9. The molecule has 0 aromatic heterocycles. The van der Waals surface area contributed by atoms with Crippen LogP contribution in [0.1, 0.15) is 11.1 Å². The maximum absolute atomic E-state index is 12.0. The third-order valence-corrected chi connectivity index (χ3v) is 5.29. The highest BCUT2D eigenvalue weighted by Crippen LogP contribution is 2.17. The number of hydrogen-bond donors (Lipinski definition) is 1. The Bertz CT molecular complexity index is 597. The van der Waals surface area contributed by atoms with E-state index in [0.717, 1.165) is 16.8 Å². The van der Waals surface area contributed by atoms with E-state index in [-0.39, 0.29) is 24.0 Å². The maximum Gasteiger partial charge on any atom is 0.238 e. The fraction of sp³-hybridized carbons (Fsp3) is 0.500. The summed E-state index contributed by atoms with van der Waals surface area (Å²) in [5, 5.41) is 2.89. The number of carbonyl (C=O) groups is 1. The second kappa shape index (κ2) is 5.93. The minimum Gasteiger partial charge on any atom is -0.325 e. The second-order valence-corrected chi connectivity index (χ2v) is 7.53. The van der Waals surface area contributed by atoms with Gasteiger partial charge in [0.25, 0.3) is 0 Å². The molecule has 1 aromatic carbocycles. The smallest absolute Gasteiger partial charge is 0.238 e. The molecule has 1 amide bonds. The van der Waals surface area contributed by atoms with Gasteiger partial charge in [0.1, 0.15) is 0 Å². The minimum absolute atomic E-state index is 0.0991. The quantitative estimate of drug-likeness (QED) is 0.902. The van der Waals surface area contributed by atoms with Gasteiger partial charge in [-0.15, -0.1) is 0 Å². The summed E-state index contributed by atoms with van der Waals surface area (Å²) in [6, 6.07) is 5.78. The Balaban J connectivity index is 1.92. The maximum atomic E-state index is 12.0. The van der Waals surface area contributed by atoms with Gasteiger partial charge in [-0.1, -0.05) is 12.1 Å². The summed E-state index contributed by atoms with van der Waals surface area (Å²) in [5.74, 6) is 0.186. The van der Waals surface area contributed by atoms with E-state index in [4.69, 9.17) is 0 Å². The van der Waals surface area contributed by atoms with Gasteiger partial charge in [0.15, 0.2) is 9.84 Å². The van der Waals surface area contributed by atoms with Crippen LogP contribution in [0.15, 0.2) is 18.2 Å². The lowest BCUT2D eigenvalue weighted by atomic mass is 10.1. The molecule has 0 atom stereocenters. The molecule has 1 aromatic rings. The SMILES string of the molecule is Cc1cccc(NC(=O)CN2CCS(=O)(=O)CC2)c1C. The summed E-state index contributed by atoms with van der Waals surface area (Å²) in [6.07, 6.45) is 0. The summed E-state index contributed by atoms with van der Waals surface area (Å²) in [6.45, 7) is 5.08. The average molecular weight is 296 g/mol. The predicted molar refractivity (Wildman–Crippen MR) is 79.6 cm³/mol. The van der Waals surface area contributed by atoms with E-state index in [2.05, 4.69) is 5.32 Å². The molecule has 1 fully saturated rings. The standard InChI is InChI=1S/C14H20N2O3S/c1-11-4-3-5-13(12(11)2)15-14(17)10-16-6-8-20(18,19)9-7-16/h3-5H,6-10H2,1-2H3,(H,15,17). The normalized spacial score (nSPS) is 18.7. The fourth-order valence-electron chi connectivity index (χ4n) is 2.19. The highest BCUT2D eigenvalue weighted by molar-refractivity contribution is 7.91. The zero-order valence-electron chi connectivity index (χ0n) is 11.8. The topological polar surface area (TPSA) is 66.5 Å². The van der Waals surface area contributed by atoms with Gasteiger partial charge in [-0.05, 0) is 31.0 Å². The molecule has 1 N–H and O–H groups in total. The van der Waals surface area contributed by atoms with Crippen molar-refractivity contribution < 1.29 is 13.2 Å². The number of nitrogens with one attached hydrogen (secondary N) is 1. The molecule has 0 radical (unpaired) electrons. The molecule has 0 aliphatic carbocycles. The molecule has 0 bridgehead atoms. The van der Waals surface area contributed by atoms with Crippen LogP contribution in [0.4, 0.5) is 5.69 Å². The van der Waals surface area contributed by atoms with Crippen molar-refractivity contribution in [2.45, 2.75) is 13.8 Å². The lowest BCUT2D eigenvalue weighted by Crippen LogP contribution is -2.43. The molecule has 20 heavy (non-hydrogen) atoms. The molecule has 6 heteroatoms. The molecule has 1 saturated heterocycles. The van der Waals surface area contributed by atoms with Crippen molar-refractivity contribution in [2.75, 3.05) is 36.5 Å². The lowest BCUT2D eigenvalue weighted by Gasteiger charge is -2.25. The van der Waals surface area contributed by atoms with Gasteiger partial charge >= 0.3 is 0 Å². The first-order valence-corrected chi connectivity index (χ1v) is 8.48. The zero-order chi connectivity index (χ0) is 14.8. The molecule has 0 saturated carbocycles. The first-order chi connectivity index (χ1) is 9.37. The van der Waals surface area contributed by atoms with Crippen molar-refractivity contribution in [1.29, 1.82) is 0 Å². The first-order valence-electron chi connectivity index (χ1n) is 6.66. The van der Waals surface area contributed by atoms with Gasteiger partial charge in [-0.3, -0.25) is 9.69 Å². The van der Waals surface area contributed by atoms with Gasteiger partial charge in [0.2, 0.25) is 5.91 Å². The van der Waals surface area contributed by atoms with Crippen LogP contribution < -0.4 is 5.32 Å². The number of aryl methyl sites for hydroxylation is 1. The Hall–Kier alpha value is -1.40. The summed E-state index contributed by atoms with van der Waals surface area (Å²) in [7, 11) is -2.90. The van der Waals surface area contributed by atoms with Crippen LogP contribution >= 0.6 is 0 Å². The molecule has 0 unspecified atom stereocenters. The van der Waals surface area contributed by atoms with Gasteiger partial charge in [0.05, 0.1) is 18.1 Å². The first kappa shape index (κ1) is 15.0. The Morgan fingerprint density at radius 3 is 2.55 bits per heavy atom. The molecular weight excluding hydrogens is 276 g/mol. The summed E-state index contributed by atoms with van der Waals surface area (Å²) in [5.41, 5.74) is 3.01. The van der Waals surface area contributed by atoms with E-state index >= 15 is 0 Å². The lowest BCUT2D eigenvalue weighted by molar-refractivity contribution is -0.117. The average Bonchev–Trinajstić information content (AvgIpc) is 2.38. The number of amides is 1. The van der Waals surface area contributed by atoms with Crippen LogP contribution in [0.3, 0.4) is 0 Å². The van der Waals surface area contributed by atoms with Gasteiger partial charge in [-0.2, -0.15) is 0 Å². The van der Waals surface area contributed by atoms with E-state index in [9.17, 15) is 13.2 Å². The van der Waals surface area contributed by atoms with Gasteiger partial charge in [0, 0.05) is 18.8 Å². The number of hydrogen-bond acceptors (Lipinski definition) is 4. The molecule has 1 heterocycles. The fourth-order valence-corrected chi connectivity index (χ4v) is 3.46. The molecular formula is C14H20N2O3S. The van der Waals surface area contributed by atoms with E-state index in [1.54, 1.807) is 0 Å². The van der Waals surface area contributed by atoms with Gasteiger partial charge < -0.3 is 5.32 Å². The van der Waals surface area contributed by atoms with Crippen molar-refractivity contribution in [3.63, 3.8) is 0 Å². The predicted octanol–water partition coefficient (Wildman–Crippen LogP) is 0.972. The van der Waals surface area contributed by atoms with E-state index in [1.807, 2.05) is 36.9 Å². The third-order valence-electron chi connectivity index (χ3n) is 3.68. The molecule has 110 valence electrons. The van der Waals surface area contributed by atoms with Crippen molar-refractivity contribution in [2.24, 2.45) is 0 Å². The molecule has 0 spiro atoms. The summed E-state index contributed by atoms with van der Waals surface area (Å²) >= 11 is 0. The monoisotopic (exact) mass is 296 g/mol. The van der Waals surface area contributed by atoms with Crippen LogP contribution in [-0.4, -0.2) is 50.4 Å². The number of carbonyl (C=O) groups excluding carboxylic acids is 1. The number of benzene rings is 1. The number of nitrogens with zero attached hydrogens (tertiary/aromatic N) is 1. The largest absolute Gasteiger partial charge is 0.325 e. The van der Waals surface area contributed by atoms with Crippen LogP contribution in [0.5, 0.6) is 0 Å². The minimum atomic E-state index is -2.90. The highest BCUT2D eigenvalue weighted by Gasteiger charge is 2.23. The Kier molecular flexibility index (Phi) is 4.45.